The fourth-order valence-corrected chi connectivity index (χ4v) is 2.19. The molecule has 0 aromatic heterocycles. The van der Waals surface area contributed by atoms with E-state index in [2.05, 4.69) is 10.2 Å². The van der Waals surface area contributed by atoms with Gasteiger partial charge in [-0.1, -0.05) is 60.7 Å². The van der Waals surface area contributed by atoms with Gasteiger partial charge in [0.1, 0.15) is 11.5 Å². The molecule has 0 amide bonds. The van der Waals surface area contributed by atoms with Crippen molar-refractivity contribution >= 4 is 11.9 Å². The summed E-state index contributed by atoms with van der Waals surface area (Å²) in [6.45, 7) is 0. The van der Waals surface area contributed by atoms with Crippen LogP contribution in [-0.4, -0.2) is 17.0 Å². The molecule has 3 aromatic rings. The summed E-state index contributed by atoms with van der Waals surface area (Å²) < 4.78 is 0. The van der Waals surface area contributed by atoms with Crippen molar-refractivity contribution in [2.45, 2.75) is 0 Å². The van der Waals surface area contributed by atoms with Gasteiger partial charge in [-0.15, -0.1) is 5.10 Å². The molecular formula is C20H16N2O. The van der Waals surface area contributed by atoms with E-state index in [-0.39, 0.29) is 5.75 Å². The van der Waals surface area contributed by atoms with Crippen molar-refractivity contribution in [1.82, 2.24) is 0 Å². The van der Waals surface area contributed by atoms with Crippen molar-refractivity contribution in [2.75, 3.05) is 0 Å². The minimum absolute atomic E-state index is 0.236. The van der Waals surface area contributed by atoms with E-state index in [9.17, 15) is 5.11 Å². The van der Waals surface area contributed by atoms with Gasteiger partial charge in [0.2, 0.25) is 0 Å². The zero-order chi connectivity index (χ0) is 15.9. The Bertz CT molecular complexity index is 766. The van der Waals surface area contributed by atoms with Crippen molar-refractivity contribution in [2.24, 2.45) is 10.2 Å². The Labute approximate surface area is 135 Å². The molecule has 0 aliphatic heterocycles. The Morgan fingerprint density at radius 3 is 1.74 bits per heavy atom. The summed E-state index contributed by atoms with van der Waals surface area (Å²) in [7, 11) is 0. The maximum atomic E-state index is 9.30. The molecule has 0 radical (unpaired) electrons. The van der Waals surface area contributed by atoms with Gasteiger partial charge in [0.15, 0.2) is 0 Å². The summed E-state index contributed by atoms with van der Waals surface area (Å²) in [6, 6.07) is 26.8. The molecular weight excluding hydrogens is 284 g/mol. The van der Waals surface area contributed by atoms with Crippen molar-refractivity contribution in [3.05, 3.63) is 102 Å². The highest BCUT2D eigenvalue weighted by molar-refractivity contribution is 6.12. The van der Waals surface area contributed by atoms with E-state index in [1.54, 1.807) is 30.5 Å². The molecule has 1 N–H and O–H groups in total. The number of rotatable bonds is 4. The second-order valence-corrected chi connectivity index (χ2v) is 5.02. The van der Waals surface area contributed by atoms with Crippen molar-refractivity contribution in [3.8, 4) is 5.75 Å². The zero-order valence-corrected chi connectivity index (χ0v) is 12.5. The van der Waals surface area contributed by atoms with Gasteiger partial charge >= 0.3 is 0 Å². The number of benzene rings is 3. The van der Waals surface area contributed by atoms with Gasteiger partial charge in [0.25, 0.3) is 0 Å². The lowest BCUT2D eigenvalue weighted by atomic mass is 10.0. The fraction of sp³-hybridized carbons (Fsp3) is 0. The number of phenolic OH excluding ortho intramolecular Hbond substituents is 1. The van der Waals surface area contributed by atoms with E-state index in [1.165, 1.54) is 0 Å². The quantitative estimate of drug-likeness (QED) is 0.568. The number of aromatic hydroxyl groups is 1. The minimum atomic E-state index is 0.236. The molecule has 0 saturated carbocycles. The van der Waals surface area contributed by atoms with Crippen LogP contribution in [0.4, 0.5) is 0 Å². The van der Waals surface area contributed by atoms with Crippen LogP contribution in [0.1, 0.15) is 16.7 Å². The molecule has 112 valence electrons. The van der Waals surface area contributed by atoms with E-state index in [0.29, 0.717) is 0 Å². The molecule has 0 fully saturated rings. The van der Waals surface area contributed by atoms with E-state index in [1.807, 2.05) is 60.7 Å². The molecule has 3 heteroatoms. The third-order valence-electron chi connectivity index (χ3n) is 3.35. The van der Waals surface area contributed by atoms with Gasteiger partial charge in [-0.3, -0.25) is 0 Å². The summed E-state index contributed by atoms with van der Waals surface area (Å²) >= 11 is 0. The smallest absolute Gasteiger partial charge is 0.115 e. The number of nitrogens with zero attached hydrogens (tertiary/aromatic N) is 2. The van der Waals surface area contributed by atoms with Crippen molar-refractivity contribution in [3.63, 3.8) is 0 Å². The first kappa shape index (κ1) is 14.7. The van der Waals surface area contributed by atoms with Gasteiger partial charge in [-0.2, -0.15) is 5.10 Å². The topological polar surface area (TPSA) is 45.0 Å². The zero-order valence-electron chi connectivity index (χ0n) is 12.5. The Balaban J connectivity index is 1.93. The van der Waals surface area contributed by atoms with E-state index >= 15 is 0 Å². The van der Waals surface area contributed by atoms with E-state index in [0.717, 1.165) is 22.4 Å². The lowest BCUT2D eigenvalue weighted by Gasteiger charge is -2.05. The summed E-state index contributed by atoms with van der Waals surface area (Å²) in [6.07, 6.45) is 1.67. The van der Waals surface area contributed by atoms with Gasteiger partial charge in [-0.25, -0.2) is 0 Å². The van der Waals surface area contributed by atoms with E-state index < -0.39 is 0 Å². The van der Waals surface area contributed by atoms with Crippen LogP contribution in [0, 0.1) is 0 Å². The Hall–Kier alpha value is -3.20. The van der Waals surface area contributed by atoms with Gasteiger partial charge in [0.05, 0.1) is 6.21 Å². The molecule has 0 unspecified atom stereocenters. The summed E-state index contributed by atoms with van der Waals surface area (Å²) in [5.74, 6) is 0.236. The predicted octanol–water partition coefficient (Wildman–Crippen LogP) is 4.26. The minimum Gasteiger partial charge on any atom is -0.508 e. The first-order valence-corrected chi connectivity index (χ1v) is 7.34. The molecule has 0 bridgehead atoms. The summed E-state index contributed by atoms with van der Waals surface area (Å²) in [5, 5.41) is 17.9. The van der Waals surface area contributed by atoms with Gasteiger partial charge in [0, 0.05) is 11.1 Å². The molecule has 0 aliphatic rings. The van der Waals surface area contributed by atoms with Crippen LogP contribution in [-0.2, 0) is 0 Å². The second-order valence-electron chi connectivity index (χ2n) is 5.02. The molecule has 0 saturated heterocycles. The molecule has 3 aromatic carbocycles. The maximum absolute atomic E-state index is 9.30. The Kier molecular flexibility index (Phi) is 4.60. The molecule has 0 aliphatic carbocycles. The molecule has 0 spiro atoms. The van der Waals surface area contributed by atoms with Crippen molar-refractivity contribution < 1.29 is 5.11 Å². The Morgan fingerprint density at radius 2 is 1.22 bits per heavy atom. The Morgan fingerprint density at radius 1 is 0.696 bits per heavy atom. The van der Waals surface area contributed by atoms with Crippen LogP contribution < -0.4 is 0 Å². The number of phenols is 1. The third kappa shape index (κ3) is 3.92. The first-order valence-electron chi connectivity index (χ1n) is 7.34. The monoisotopic (exact) mass is 300 g/mol. The SMILES string of the molecule is Oc1ccc(C=NN=C(c2ccccc2)c2ccccc2)cc1. The fourth-order valence-electron chi connectivity index (χ4n) is 2.19. The van der Waals surface area contributed by atoms with Gasteiger partial charge in [-0.05, 0) is 29.8 Å². The molecule has 0 atom stereocenters. The normalized spacial score (nSPS) is 10.6. The second kappa shape index (κ2) is 7.18. The number of hydrogen-bond acceptors (Lipinski definition) is 3. The first-order chi connectivity index (χ1) is 11.3. The van der Waals surface area contributed by atoms with E-state index in [4.69, 9.17) is 0 Å². The summed E-state index contributed by atoms with van der Waals surface area (Å²) in [4.78, 5) is 0. The largest absolute Gasteiger partial charge is 0.508 e. The third-order valence-corrected chi connectivity index (χ3v) is 3.35. The maximum Gasteiger partial charge on any atom is 0.115 e. The highest BCUT2D eigenvalue weighted by atomic mass is 16.3. The highest BCUT2D eigenvalue weighted by Gasteiger charge is 2.05. The average molecular weight is 300 g/mol. The highest BCUT2D eigenvalue weighted by Crippen LogP contribution is 2.12. The van der Waals surface area contributed by atoms with Gasteiger partial charge < -0.3 is 5.11 Å². The van der Waals surface area contributed by atoms with Crippen LogP contribution >= 0.6 is 0 Å². The standard InChI is InChI=1S/C20H16N2O/c23-19-13-11-16(12-14-19)15-21-22-20(17-7-3-1-4-8-17)18-9-5-2-6-10-18/h1-15,23H. The number of hydrogen-bond donors (Lipinski definition) is 1. The van der Waals surface area contributed by atoms with Crippen LogP contribution in [0.15, 0.2) is 95.1 Å². The predicted molar refractivity (Wildman–Crippen MR) is 94.2 cm³/mol. The molecule has 3 nitrogen and oxygen atoms in total. The van der Waals surface area contributed by atoms with Crippen molar-refractivity contribution in [1.29, 1.82) is 0 Å². The van der Waals surface area contributed by atoms with Crippen LogP contribution in [0.5, 0.6) is 5.75 Å². The molecule has 23 heavy (non-hydrogen) atoms. The van der Waals surface area contributed by atoms with Crippen LogP contribution in [0.25, 0.3) is 0 Å². The lowest BCUT2D eigenvalue weighted by Crippen LogP contribution is -2.02. The van der Waals surface area contributed by atoms with Crippen LogP contribution in [0.3, 0.4) is 0 Å². The molecule has 3 rings (SSSR count). The molecule has 0 heterocycles. The lowest BCUT2D eigenvalue weighted by molar-refractivity contribution is 0.475. The average Bonchev–Trinajstić information content (AvgIpc) is 2.62. The summed E-state index contributed by atoms with van der Waals surface area (Å²) in [5.41, 5.74) is 3.73. The van der Waals surface area contributed by atoms with Crippen LogP contribution in [0.2, 0.25) is 0 Å².